The average Bonchev–Trinajstić information content (AvgIpc) is 2.65. The fraction of sp³-hybridized carbons (Fsp3) is 0.952. The van der Waals surface area contributed by atoms with Crippen LogP contribution in [0.15, 0.2) is 0 Å². The van der Waals surface area contributed by atoms with Gasteiger partial charge in [0.15, 0.2) is 0 Å². The molecule has 30 heavy (non-hydrogen) atoms. The molecule has 0 aromatic heterocycles. The SMILES string of the molecule is CC(C)C(=O)OC1C2CCCCC2C(C(O)(C(F)(F)F)C(F)(F)F)C2CCCCC21. The fourth-order valence-electron chi connectivity index (χ4n) is 6.32. The molecule has 174 valence electrons. The summed E-state index contributed by atoms with van der Waals surface area (Å²) < 4.78 is 88.9. The topological polar surface area (TPSA) is 46.5 Å². The van der Waals surface area contributed by atoms with E-state index in [0.29, 0.717) is 38.5 Å². The van der Waals surface area contributed by atoms with Crippen LogP contribution < -0.4 is 0 Å². The van der Waals surface area contributed by atoms with Crippen molar-refractivity contribution in [3.05, 3.63) is 0 Å². The minimum absolute atomic E-state index is 0.169. The Hall–Kier alpha value is -0.990. The van der Waals surface area contributed by atoms with Crippen LogP contribution in [0.2, 0.25) is 0 Å². The molecule has 4 unspecified atom stereocenters. The van der Waals surface area contributed by atoms with Gasteiger partial charge in [0.1, 0.15) is 6.10 Å². The van der Waals surface area contributed by atoms with Gasteiger partial charge in [0.05, 0.1) is 5.92 Å². The van der Waals surface area contributed by atoms with E-state index in [1.54, 1.807) is 13.8 Å². The van der Waals surface area contributed by atoms with Crippen LogP contribution in [-0.4, -0.2) is 35.1 Å². The predicted molar refractivity (Wildman–Crippen MR) is 96.2 cm³/mol. The minimum Gasteiger partial charge on any atom is -0.462 e. The van der Waals surface area contributed by atoms with E-state index >= 15 is 0 Å². The number of rotatable bonds is 3. The quantitative estimate of drug-likeness (QED) is 0.452. The lowest BCUT2D eigenvalue weighted by molar-refractivity contribution is -0.403. The summed E-state index contributed by atoms with van der Waals surface area (Å²) in [5.74, 6) is -6.05. The molecule has 3 rings (SSSR count). The molecule has 0 aromatic rings. The Morgan fingerprint density at radius 2 is 1.17 bits per heavy atom. The van der Waals surface area contributed by atoms with Gasteiger partial charge >= 0.3 is 18.3 Å². The van der Waals surface area contributed by atoms with Crippen LogP contribution in [0.25, 0.3) is 0 Å². The number of hydrogen-bond acceptors (Lipinski definition) is 3. The molecule has 1 N–H and O–H groups in total. The van der Waals surface area contributed by atoms with E-state index in [-0.39, 0.29) is 12.8 Å². The number of ether oxygens (including phenoxy) is 1. The molecular weight excluding hydrogens is 414 g/mol. The second-order valence-electron chi connectivity index (χ2n) is 9.57. The van der Waals surface area contributed by atoms with Crippen molar-refractivity contribution in [1.29, 1.82) is 0 Å². The van der Waals surface area contributed by atoms with Crippen molar-refractivity contribution in [2.45, 2.75) is 89.3 Å². The van der Waals surface area contributed by atoms with Gasteiger partial charge in [-0.2, -0.15) is 26.3 Å². The van der Waals surface area contributed by atoms with Crippen molar-refractivity contribution >= 4 is 5.97 Å². The van der Waals surface area contributed by atoms with Crippen molar-refractivity contribution in [1.82, 2.24) is 0 Å². The zero-order valence-electron chi connectivity index (χ0n) is 17.2. The summed E-state index contributed by atoms with van der Waals surface area (Å²) in [4.78, 5) is 12.3. The Bertz CT molecular complexity index is 591. The van der Waals surface area contributed by atoms with E-state index in [2.05, 4.69) is 0 Å². The van der Waals surface area contributed by atoms with Gasteiger partial charge in [-0.15, -0.1) is 0 Å². The molecule has 3 aliphatic carbocycles. The highest BCUT2D eigenvalue weighted by Gasteiger charge is 2.77. The van der Waals surface area contributed by atoms with Gasteiger partial charge in [0.25, 0.3) is 5.60 Å². The first-order chi connectivity index (χ1) is 13.8. The number of hydrogen-bond donors (Lipinski definition) is 1. The maximum Gasteiger partial charge on any atom is 0.426 e. The molecule has 4 atom stereocenters. The van der Waals surface area contributed by atoms with Crippen LogP contribution in [-0.2, 0) is 9.53 Å². The van der Waals surface area contributed by atoms with E-state index in [1.807, 2.05) is 0 Å². The van der Waals surface area contributed by atoms with Crippen molar-refractivity contribution in [3.63, 3.8) is 0 Å². The zero-order valence-corrected chi connectivity index (χ0v) is 17.2. The summed E-state index contributed by atoms with van der Waals surface area (Å²) in [6, 6.07) is 0. The lowest BCUT2D eigenvalue weighted by atomic mass is 9.50. The Kier molecular flexibility index (Phi) is 6.45. The highest BCUT2D eigenvalue weighted by Crippen LogP contribution is 2.62. The maximum absolute atomic E-state index is 13.9. The third kappa shape index (κ3) is 3.84. The molecule has 0 spiro atoms. The molecule has 0 bridgehead atoms. The largest absolute Gasteiger partial charge is 0.462 e. The number of esters is 1. The lowest BCUT2D eigenvalue weighted by Gasteiger charge is -2.58. The average molecular weight is 444 g/mol. The first kappa shape index (κ1) is 23.7. The number of alkyl halides is 6. The van der Waals surface area contributed by atoms with Gasteiger partial charge in [0, 0.05) is 5.92 Å². The van der Waals surface area contributed by atoms with Gasteiger partial charge in [-0.3, -0.25) is 4.79 Å². The van der Waals surface area contributed by atoms with Gasteiger partial charge in [-0.05, 0) is 49.4 Å². The molecule has 0 radical (unpaired) electrons. The van der Waals surface area contributed by atoms with E-state index in [9.17, 15) is 36.2 Å². The van der Waals surface area contributed by atoms with Gasteiger partial charge in [0.2, 0.25) is 0 Å². The maximum atomic E-state index is 13.9. The monoisotopic (exact) mass is 444 g/mol. The van der Waals surface area contributed by atoms with Crippen LogP contribution in [0, 0.1) is 35.5 Å². The second-order valence-corrected chi connectivity index (χ2v) is 9.57. The molecule has 3 fully saturated rings. The second kappa shape index (κ2) is 8.17. The van der Waals surface area contributed by atoms with E-state index in [1.165, 1.54) is 0 Å². The summed E-state index contributed by atoms with van der Waals surface area (Å²) in [5, 5.41) is 10.4. The van der Waals surface area contributed by atoms with E-state index < -0.39 is 65.5 Å². The highest BCUT2D eigenvalue weighted by molar-refractivity contribution is 5.71. The molecule has 9 heteroatoms. The van der Waals surface area contributed by atoms with Gasteiger partial charge < -0.3 is 9.84 Å². The molecule has 0 amide bonds. The normalized spacial score (nSPS) is 35.5. The van der Waals surface area contributed by atoms with Crippen LogP contribution >= 0.6 is 0 Å². The number of fused-ring (bicyclic) bond motifs is 2. The third-order valence-corrected chi connectivity index (χ3v) is 7.59. The molecule has 3 saturated carbocycles. The number of carbonyl (C=O) groups is 1. The molecule has 0 heterocycles. The Labute approximate surface area is 172 Å². The summed E-state index contributed by atoms with van der Waals surface area (Å²) in [5.41, 5.74) is -4.76. The first-order valence-electron chi connectivity index (χ1n) is 10.9. The van der Waals surface area contributed by atoms with Crippen LogP contribution in [0.3, 0.4) is 0 Å². The number of carbonyl (C=O) groups excluding carboxylic acids is 1. The minimum atomic E-state index is -5.83. The predicted octanol–water partition coefficient (Wildman–Crippen LogP) is 5.65. The molecule has 3 aliphatic rings. The van der Waals surface area contributed by atoms with Crippen LogP contribution in [0.5, 0.6) is 0 Å². The van der Waals surface area contributed by atoms with E-state index in [0.717, 1.165) is 0 Å². The first-order valence-corrected chi connectivity index (χ1v) is 10.9. The Balaban J connectivity index is 2.09. The standard InChI is InChI=1S/C21H30F6O3/c1-11(2)18(28)30-17-14-9-5-3-7-12(14)16(13-8-4-6-10-15(13)17)19(29,20(22,23)24)21(25,26)27/h11-17,29H,3-10H2,1-2H3. The van der Waals surface area contributed by atoms with Crippen molar-refractivity contribution in [2.24, 2.45) is 35.5 Å². The summed E-state index contributed by atoms with van der Waals surface area (Å²) in [6.07, 6.45) is -8.85. The number of aliphatic hydroxyl groups is 1. The number of halogens is 6. The molecule has 0 aliphatic heterocycles. The highest BCUT2D eigenvalue weighted by atomic mass is 19.4. The summed E-state index contributed by atoms with van der Waals surface area (Å²) in [7, 11) is 0. The van der Waals surface area contributed by atoms with Crippen molar-refractivity contribution < 1.29 is 41.0 Å². The summed E-state index contributed by atoms with van der Waals surface area (Å²) in [6.45, 7) is 3.30. The van der Waals surface area contributed by atoms with Crippen molar-refractivity contribution in [2.75, 3.05) is 0 Å². The lowest BCUT2D eigenvalue weighted by Crippen LogP contribution is -2.69. The van der Waals surface area contributed by atoms with Gasteiger partial charge in [-0.25, -0.2) is 0 Å². The molecule has 0 aromatic carbocycles. The summed E-state index contributed by atoms with van der Waals surface area (Å²) >= 11 is 0. The van der Waals surface area contributed by atoms with Gasteiger partial charge in [-0.1, -0.05) is 39.5 Å². The zero-order chi connectivity index (χ0) is 22.5. The molecule has 3 nitrogen and oxygen atoms in total. The van der Waals surface area contributed by atoms with Crippen LogP contribution in [0.4, 0.5) is 26.3 Å². The smallest absolute Gasteiger partial charge is 0.426 e. The van der Waals surface area contributed by atoms with Crippen molar-refractivity contribution in [3.8, 4) is 0 Å². The Morgan fingerprint density at radius 3 is 1.50 bits per heavy atom. The molecular formula is C21H30F6O3. The van der Waals surface area contributed by atoms with Crippen LogP contribution in [0.1, 0.15) is 65.2 Å². The Morgan fingerprint density at radius 1 is 0.800 bits per heavy atom. The fourth-order valence-corrected chi connectivity index (χ4v) is 6.32. The molecule has 0 saturated heterocycles. The third-order valence-electron chi connectivity index (χ3n) is 7.59. The van der Waals surface area contributed by atoms with E-state index in [4.69, 9.17) is 4.74 Å².